The highest BCUT2D eigenvalue weighted by molar-refractivity contribution is 5.58. The second-order valence-corrected chi connectivity index (χ2v) is 9.12. The van der Waals surface area contributed by atoms with Gasteiger partial charge in [0.15, 0.2) is 11.4 Å². The van der Waals surface area contributed by atoms with Gasteiger partial charge in [-0.1, -0.05) is 24.3 Å². The van der Waals surface area contributed by atoms with Gasteiger partial charge in [0.05, 0.1) is 18.5 Å². The molecule has 1 fully saturated rings. The van der Waals surface area contributed by atoms with Crippen LogP contribution in [-0.4, -0.2) is 56.3 Å². The number of hydrogen-bond donors (Lipinski definition) is 0. The molecule has 3 aromatic heterocycles. The normalized spacial score (nSPS) is 21.5. The molecular formula is C25H28N6O2. The van der Waals surface area contributed by atoms with Crippen molar-refractivity contribution in [3.05, 3.63) is 65.5 Å². The van der Waals surface area contributed by atoms with E-state index in [1.54, 1.807) is 6.26 Å². The van der Waals surface area contributed by atoms with Crippen LogP contribution in [0.15, 0.2) is 53.3 Å². The van der Waals surface area contributed by atoms with Gasteiger partial charge in [0.25, 0.3) is 0 Å². The zero-order chi connectivity index (χ0) is 22.4. The van der Waals surface area contributed by atoms with Crippen LogP contribution >= 0.6 is 0 Å². The first-order valence-electron chi connectivity index (χ1n) is 11.6. The minimum absolute atomic E-state index is 0.131. The summed E-state index contributed by atoms with van der Waals surface area (Å²) in [5.74, 6) is 2.03. The number of benzene rings is 1. The molecule has 0 radical (unpaired) electrons. The van der Waals surface area contributed by atoms with Crippen LogP contribution in [-0.2, 0) is 24.2 Å². The molecule has 33 heavy (non-hydrogen) atoms. The van der Waals surface area contributed by atoms with Gasteiger partial charge < -0.3 is 14.1 Å². The van der Waals surface area contributed by atoms with Crippen LogP contribution in [0, 0.1) is 0 Å². The molecule has 5 heterocycles. The van der Waals surface area contributed by atoms with Gasteiger partial charge in [0.2, 0.25) is 11.8 Å². The van der Waals surface area contributed by atoms with Crippen LogP contribution in [0.4, 0.5) is 5.95 Å². The van der Waals surface area contributed by atoms with Crippen LogP contribution in [0.3, 0.4) is 0 Å². The summed E-state index contributed by atoms with van der Waals surface area (Å²) >= 11 is 0. The van der Waals surface area contributed by atoms with E-state index in [9.17, 15) is 0 Å². The van der Waals surface area contributed by atoms with E-state index in [4.69, 9.17) is 24.2 Å². The van der Waals surface area contributed by atoms with E-state index in [-0.39, 0.29) is 12.2 Å². The zero-order valence-electron chi connectivity index (χ0n) is 19.0. The van der Waals surface area contributed by atoms with Crippen molar-refractivity contribution < 1.29 is 9.15 Å². The van der Waals surface area contributed by atoms with Crippen molar-refractivity contribution in [1.82, 2.24) is 24.5 Å². The highest BCUT2D eigenvalue weighted by Gasteiger charge is 2.27. The second kappa shape index (κ2) is 8.28. The molecule has 2 aliphatic heterocycles. The van der Waals surface area contributed by atoms with Crippen molar-refractivity contribution in [2.45, 2.75) is 45.6 Å². The number of aromatic nitrogens is 4. The molecule has 1 saturated heterocycles. The fourth-order valence-corrected chi connectivity index (χ4v) is 5.02. The van der Waals surface area contributed by atoms with Gasteiger partial charge >= 0.3 is 0 Å². The fourth-order valence-electron chi connectivity index (χ4n) is 5.02. The van der Waals surface area contributed by atoms with Crippen molar-refractivity contribution in [3.8, 4) is 11.6 Å². The number of anilines is 1. The molecule has 0 bridgehead atoms. The van der Waals surface area contributed by atoms with E-state index in [1.807, 2.05) is 22.8 Å². The number of fused-ring (bicyclic) bond motifs is 2. The summed E-state index contributed by atoms with van der Waals surface area (Å²) in [6, 6.07) is 12.5. The minimum atomic E-state index is 0.131. The fraction of sp³-hybridized carbons (Fsp3) is 0.400. The Morgan fingerprint density at radius 3 is 2.64 bits per heavy atom. The van der Waals surface area contributed by atoms with Gasteiger partial charge in [-0.05, 0) is 43.5 Å². The third-order valence-corrected chi connectivity index (χ3v) is 6.47. The first-order chi connectivity index (χ1) is 16.1. The predicted molar refractivity (Wildman–Crippen MR) is 125 cm³/mol. The lowest BCUT2D eigenvalue weighted by Crippen LogP contribution is -2.46. The summed E-state index contributed by atoms with van der Waals surface area (Å²) in [7, 11) is 0. The maximum absolute atomic E-state index is 5.93. The molecule has 2 aliphatic rings. The summed E-state index contributed by atoms with van der Waals surface area (Å²) in [5.41, 5.74) is 4.75. The molecule has 8 nitrogen and oxygen atoms in total. The van der Waals surface area contributed by atoms with Gasteiger partial charge in [0.1, 0.15) is 0 Å². The van der Waals surface area contributed by atoms with Gasteiger partial charge in [-0.3, -0.25) is 4.90 Å². The molecule has 170 valence electrons. The molecule has 0 saturated carbocycles. The predicted octanol–water partition coefficient (Wildman–Crippen LogP) is 3.56. The van der Waals surface area contributed by atoms with Crippen LogP contribution in [0.1, 0.15) is 30.5 Å². The zero-order valence-corrected chi connectivity index (χ0v) is 19.0. The number of hydrogen-bond acceptors (Lipinski definition) is 7. The van der Waals surface area contributed by atoms with E-state index in [0.29, 0.717) is 11.6 Å². The van der Waals surface area contributed by atoms with E-state index < -0.39 is 0 Å². The molecule has 0 aliphatic carbocycles. The molecule has 1 aromatic carbocycles. The third kappa shape index (κ3) is 3.89. The Labute approximate surface area is 192 Å². The smallest absolute Gasteiger partial charge is 0.228 e. The minimum Gasteiger partial charge on any atom is -0.461 e. The Bertz CT molecular complexity index is 1260. The molecule has 4 aromatic rings. The largest absolute Gasteiger partial charge is 0.461 e. The van der Waals surface area contributed by atoms with Gasteiger partial charge in [0, 0.05) is 44.5 Å². The topological polar surface area (TPSA) is 71.9 Å². The highest BCUT2D eigenvalue weighted by atomic mass is 16.5. The molecule has 0 amide bonds. The van der Waals surface area contributed by atoms with Crippen LogP contribution in [0.2, 0.25) is 0 Å². The van der Waals surface area contributed by atoms with Crippen molar-refractivity contribution >= 4 is 11.6 Å². The Morgan fingerprint density at radius 2 is 1.85 bits per heavy atom. The average molecular weight is 445 g/mol. The maximum Gasteiger partial charge on any atom is 0.228 e. The third-order valence-electron chi connectivity index (χ3n) is 6.47. The Kier molecular flexibility index (Phi) is 5.11. The van der Waals surface area contributed by atoms with Gasteiger partial charge in [-0.25, -0.2) is 9.97 Å². The SMILES string of the molecule is CC1CN(c2ncc(CN3CCc4ccccc4C3)c3nc(-c4ccco4)nn23)CC(C)O1. The van der Waals surface area contributed by atoms with Crippen LogP contribution < -0.4 is 4.90 Å². The molecule has 0 N–H and O–H groups in total. The molecule has 0 spiro atoms. The quantitative estimate of drug-likeness (QED) is 0.477. The number of furan rings is 1. The van der Waals surface area contributed by atoms with Crippen molar-refractivity contribution in [2.75, 3.05) is 24.5 Å². The lowest BCUT2D eigenvalue weighted by atomic mass is 10.00. The first kappa shape index (κ1) is 20.4. The Hall–Kier alpha value is -3.23. The Balaban J connectivity index is 1.37. The lowest BCUT2D eigenvalue weighted by molar-refractivity contribution is -0.00584. The van der Waals surface area contributed by atoms with E-state index in [0.717, 1.165) is 56.3 Å². The number of ether oxygens (including phenoxy) is 1. The van der Waals surface area contributed by atoms with Crippen molar-refractivity contribution in [1.29, 1.82) is 0 Å². The highest BCUT2D eigenvalue weighted by Crippen LogP contribution is 2.26. The van der Waals surface area contributed by atoms with Crippen molar-refractivity contribution in [2.24, 2.45) is 0 Å². The van der Waals surface area contributed by atoms with Crippen molar-refractivity contribution in [3.63, 3.8) is 0 Å². The number of nitrogens with zero attached hydrogens (tertiary/aromatic N) is 6. The summed E-state index contributed by atoms with van der Waals surface area (Å²) in [4.78, 5) is 14.5. The summed E-state index contributed by atoms with van der Waals surface area (Å²) in [6.45, 7) is 8.45. The molecule has 8 heteroatoms. The van der Waals surface area contributed by atoms with Gasteiger partial charge in [-0.2, -0.15) is 4.52 Å². The number of rotatable bonds is 4. The van der Waals surface area contributed by atoms with E-state index in [2.05, 4.69) is 47.9 Å². The summed E-state index contributed by atoms with van der Waals surface area (Å²) in [5, 5.41) is 4.82. The Morgan fingerprint density at radius 1 is 1.03 bits per heavy atom. The maximum atomic E-state index is 5.93. The molecular weight excluding hydrogens is 416 g/mol. The monoisotopic (exact) mass is 444 g/mol. The summed E-state index contributed by atoms with van der Waals surface area (Å²) in [6.07, 6.45) is 4.94. The van der Waals surface area contributed by atoms with Gasteiger partial charge in [-0.15, -0.1) is 5.10 Å². The lowest BCUT2D eigenvalue weighted by Gasteiger charge is -2.36. The first-order valence-corrected chi connectivity index (χ1v) is 11.6. The van der Waals surface area contributed by atoms with E-state index >= 15 is 0 Å². The average Bonchev–Trinajstić information content (AvgIpc) is 3.49. The van der Waals surface area contributed by atoms with E-state index in [1.165, 1.54) is 11.1 Å². The standard InChI is InChI=1S/C25H28N6O2/c1-17-13-30(14-18(2)33-17)25-26-12-21(16-29-10-9-19-6-3-4-7-20(19)15-29)24-27-23(28-31(24)25)22-8-5-11-32-22/h3-8,11-12,17-18H,9-10,13-16H2,1-2H3. The second-order valence-electron chi connectivity index (χ2n) is 9.12. The molecule has 2 unspecified atom stereocenters. The van der Waals surface area contributed by atoms with Crippen LogP contribution in [0.25, 0.3) is 17.2 Å². The molecule has 6 rings (SSSR count). The van der Waals surface area contributed by atoms with Crippen LogP contribution in [0.5, 0.6) is 0 Å². The molecule has 2 atom stereocenters. The summed E-state index contributed by atoms with van der Waals surface area (Å²) < 4.78 is 13.4. The number of morpholine rings is 1.